The van der Waals surface area contributed by atoms with Crippen LogP contribution in [-0.4, -0.2) is 25.2 Å². The van der Waals surface area contributed by atoms with Crippen molar-refractivity contribution in [3.8, 4) is 0 Å². The van der Waals surface area contributed by atoms with Crippen molar-refractivity contribution in [3.63, 3.8) is 0 Å². The van der Waals surface area contributed by atoms with Crippen molar-refractivity contribution in [1.82, 2.24) is 10.6 Å². The van der Waals surface area contributed by atoms with Gasteiger partial charge in [-0.2, -0.15) is 0 Å². The van der Waals surface area contributed by atoms with Crippen LogP contribution in [-0.2, 0) is 0 Å². The molecule has 2 saturated heterocycles. The van der Waals surface area contributed by atoms with Crippen molar-refractivity contribution in [2.24, 2.45) is 11.8 Å². The van der Waals surface area contributed by atoms with E-state index in [1.165, 1.54) is 51.6 Å². The highest BCUT2D eigenvalue weighted by Crippen LogP contribution is 2.39. The van der Waals surface area contributed by atoms with Crippen LogP contribution in [0.5, 0.6) is 0 Å². The van der Waals surface area contributed by atoms with Gasteiger partial charge in [-0.05, 0) is 63.5 Å². The van der Waals surface area contributed by atoms with Crippen molar-refractivity contribution in [3.05, 3.63) is 0 Å². The lowest BCUT2D eigenvalue weighted by Crippen LogP contribution is -2.56. The molecule has 0 bridgehead atoms. The molecule has 2 heteroatoms. The highest BCUT2D eigenvalue weighted by molar-refractivity contribution is 4.97. The Morgan fingerprint density at radius 1 is 0.643 bits per heavy atom. The molecule has 1 saturated carbocycles. The molecule has 4 atom stereocenters. The van der Waals surface area contributed by atoms with Crippen molar-refractivity contribution in [2.75, 3.05) is 13.1 Å². The number of piperidine rings is 2. The van der Waals surface area contributed by atoms with Crippen molar-refractivity contribution in [2.45, 2.75) is 50.6 Å². The number of rotatable bonds is 0. The number of nitrogens with one attached hydrogen (secondary N) is 2. The fourth-order valence-corrected chi connectivity index (χ4v) is 3.97. The highest BCUT2D eigenvalue weighted by atomic mass is 15.0. The summed E-state index contributed by atoms with van der Waals surface area (Å²) in [4.78, 5) is 0. The quantitative estimate of drug-likeness (QED) is 0.611. The van der Waals surface area contributed by atoms with Gasteiger partial charge in [0.15, 0.2) is 0 Å². The lowest BCUT2D eigenvalue weighted by molar-refractivity contribution is 0.0790. The molecule has 2 aliphatic heterocycles. The fraction of sp³-hybridized carbons (Fsp3) is 1.00. The molecule has 0 unspecified atom stereocenters. The molecule has 0 amide bonds. The SMILES string of the molecule is C1CN[C@H]2CC[C@H]3NCCC[C@H]3[C@@H]2C1. The average molecular weight is 194 g/mol. The third-order valence-electron chi connectivity index (χ3n) is 4.61. The molecule has 1 aliphatic carbocycles. The van der Waals surface area contributed by atoms with Crippen LogP contribution in [0.2, 0.25) is 0 Å². The Balaban J connectivity index is 1.74. The summed E-state index contributed by atoms with van der Waals surface area (Å²) < 4.78 is 0. The molecular formula is C12H22N2. The zero-order chi connectivity index (χ0) is 9.38. The topological polar surface area (TPSA) is 24.1 Å². The van der Waals surface area contributed by atoms with E-state index in [0.717, 1.165) is 23.9 Å². The Morgan fingerprint density at radius 2 is 1.14 bits per heavy atom. The molecule has 0 aromatic carbocycles. The standard InChI is InChI=1S/C12H22N2/c1-3-9-10-4-2-8-14-12(10)6-5-11(9)13-7-1/h9-14H,1-8H2/t9-,10-,11-,12+/m0/s1. The molecule has 3 rings (SSSR count). The normalized spacial score (nSPS) is 48.0. The van der Waals surface area contributed by atoms with E-state index in [9.17, 15) is 0 Å². The van der Waals surface area contributed by atoms with Gasteiger partial charge in [0.1, 0.15) is 0 Å². The lowest BCUT2D eigenvalue weighted by atomic mass is 9.67. The van der Waals surface area contributed by atoms with Crippen LogP contribution in [0.4, 0.5) is 0 Å². The third kappa shape index (κ3) is 1.49. The molecule has 2 nitrogen and oxygen atoms in total. The zero-order valence-electron chi connectivity index (χ0n) is 8.97. The Morgan fingerprint density at radius 3 is 1.64 bits per heavy atom. The molecule has 0 aromatic rings. The predicted octanol–water partition coefficient (Wildman–Crippen LogP) is 1.52. The molecular weight excluding hydrogens is 172 g/mol. The summed E-state index contributed by atoms with van der Waals surface area (Å²) in [6.45, 7) is 2.54. The van der Waals surface area contributed by atoms with Gasteiger partial charge in [-0.1, -0.05) is 0 Å². The number of hydrogen-bond donors (Lipinski definition) is 2. The van der Waals surface area contributed by atoms with Gasteiger partial charge in [-0.25, -0.2) is 0 Å². The van der Waals surface area contributed by atoms with Crippen LogP contribution in [0.25, 0.3) is 0 Å². The maximum Gasteiger partial charge on any atom is 0.00991 e. The van der Waals surface area contributed by atoms with E-state index in [-0.39, 0.29) is 0 Å². The van der Waals surface area contributed by atoms with E-state index in [2.05, 4.69) is 10.6 Å². The zero-order valence-corrected chi connectivity index (χ0v) is 8.97. The maximum atomic E-state index is 3.73. The van der Waals surface area contributed by atoms with Gasteiger partial charge in [-0.3, -0.25) is 0 Å². The minimum absolute atomic E-state index is 0.866. The lowest BCUT2D eigenvalue weighted by Gasteiger charge is -2.48. The first-order valence-electron chi connectivity index (χ1n) is 6.42. The molecule has 0 spiro atoms. The van der Waals surface area contributed by atoms with E-state index in [4.69, 9.17) is 0 Å². The minimum atomic E-state index is 0.866. The van der Waals surface area contributed by atoms with E-state index in [1.807, 2.05) is 0 Å². The summed E-state index contributed by atoms with van der Waals surface area (Å²) in [5, 5.41) is 7.45. The van der Waals surface area contributed by atoms with Gasteiger partial charge < -0.3 is 10.6 Å². The van der Waals surface area contributed by atoms with Gasteiger partial charge in [0.05, 0.1) is 0 Å². The van der Waals surface area contributed by atoms with Crippen LogP contribution in [0.3, 0.4) is 0 Å². The molecule has 0 aromatic heterocycles. The molecule has 0 radical (unpaired) electrons. The smallest absolute Gasteiger partial charge is 0.00991 e. The van der Waals surface area contributed by atoms with Gasteiger partial charge in [0.2, 0.25) is 0 Å². The molecule has 80 valence electrons. The highest BCUT2D eigenvalue weighted by Gasteiger charge is 2.40. The van der Waals surface area contributed by atoms with Crippen LogP contribution < -0.4 is 10.6 Å². The molecule has 2 heterocycles. The first kappa shape index (κ1) is 9.17. The second-order valence-corrected chi connectivity index (χ2v) is 5.31. The Bertz CT molecular complexity index is 182. The van der Waals surface area contributed by atoms with Crippen LogP contribution in [0.15, 0.2) is 0 Å². The largest absolute Gasteiger partial charge is 0.314 e. The van der Waals surface area contributed by atoms with E-state index in [0.29, 0.717) is 0 Å². The molecule has 14 heavy (non-hydrogen) atoms. The molecule has 3 fully saturated rings. The van der Waals surface area contributed by atoms with Gasteiger partial charge in [-0.15, -0.1) is 0 Å². The number of fused-ring (bicyclic) bond motifs is 3. The summed E-state index contributed by atoms with van der Waals surface area (Å²) >= 11 is 0. The van der Waals surface area contributed by atoms with E-state index < -0.39 is 0 Å². The summed E-state index contributed by atoms with van der Waals surface area (Å²) in [6, 6.07) is 1.73. The first-order valence-corrected chi connectivity index (χ1v) is 6.42. The second-order valence-electron chi connectivity index (χ2n) is 5.31. The molecule has 2 N–H and O–H groups in total. The van der Waals surface area contributed by atoms with Gasteiger partial charge >= 0.3 is 0 Å². The Kier molecular flexibility index (Phi) is 2.50. The fourth-order valence-electron chi connectivity index (χ4n) is 3.97. The Labute approximate surface area is 86.8 Å². The maximum absolute atomic E-state index is 3.73. The Hall–Kier alpha value is -0.0800. The van der Waals surface area contributed by atoms with Gasteiger partial charge in [0.25, 0.3) is 0 Å². The third-order valence-corrected chi connectivity index (χ3v) is 4.61. The van der Waals surface area contributed by atoms with Crippen molar-refractivity contribution < 1.29 is 0 Å². The summed E-state index contributed by atoms with van der Waals surface area (Å²) in [5.74, 6) is 1.99. The van der Waals surface area contributed by atoms with Gasteiger partial charge in [0, 0.05) is 12.1 Å². The first-order chi connectivity index (χ1) is 6.95. The predicted molar refractivity (Wildman–Crippen MR) is 58.3 cm³/mol. The van der Waals surface area contributed by atoms with E-state index >= 15 is 0 Å². The van der Waals surface area contributed by atoms with Crippen LogP contribution in [0.1, 0.15) is 38.5 Å². The summed E-state index contributed by atoms with van der Waals surface area (Å²) in [7, 11) is 0. The van der Waals surface area contributed by atoms with Crippen LogP contribution >= 0.6 is 0 Å². The van der Waals surface area contributed by atoms with Crippen molar-refractivity contribution >= 4 is 0 Å². The number of hydrogen-bond acceptors (Lipinski definition) is 2. The monoisotopic (exact) mass is 194 g/mol. The summed E-state index contributed by atoms with van der Waals surface area (Å²) in [5.41, 5.74) is 0. The van der Waals surface area contributed by atoms with Crippen molar-refractivity contribution in [1.29, 1.82) is 0 Å². The van der Waals surface area contributed by atoms with Crippen LogP contribution in [0, 0.1) is 11.8 Å². The minimum Gasteiger partial charge on any atom is -0.314 e. The van der Waals surface area contributed by atoms with E-state index in [1.54, 1.807) is 0 Å². The second kappa shape index (κ2) is 3.82. The summed E-state index contributed by atoms with van der Waals surface area (Å²) in [6.07, 6.45) is 8.62. The molecule has 3 aliphatic rings. The average Bonchev–Trinajstić information content (AvgIpc) is 2.29.